The average molecular weight is 201 g/mol. The highest BCUT2D eigenvalue weighted by Crippen LogP contribution is 2.33. The number of rotatable bonds is 0. The van der Waals surface area contributed by atoms with Crippen molar-refractivity contribution in [3.63, 3.8) is 0 Å². The molecule has 3 rings (SSSR count). The molecular formula is C13H15NO. The highest BCUT2D eigenvalue weighted by molar-refractivity contribution is 5.86. The molecule has 0 saturated heterocycles. The summed E-state index contributed by atoms with van der Waals surface area (Å²) in [6.45, 7) is 6.29. The Bertz CT molecular complexity index is 510. The minimum absolute atomic E-state index is 0.199. The second kappa shape index (κ2) is 2.78. The number of aromatic nitrogens is 1. The molecule has 1 aliphatic rings. The predicted molar refractivity (Wildman–Crippen MR) is 61.2 cm³/mol. The zero-order valence-corrected chi connectivity index (χ0v) is 9.16. The van der Waals surface area contributed by atoms with Gasteiger partial charge in [0, 0.05) is 23.5 Å². The molecule has 78 valence electrons. The Hall–Kier alpha value is -1.44. The third-order valence-electron chi connectivity index (χ3n) is 2.97. The van der Waals surface area contributed by atoms with Gasteiger partial charge in [-0.2, -0.15) is 0 Å². The molecule has 2 heteroatoms. The maximum absolute atomic E-state index is 5.87. The van der Waals surface area contributed by atoms with Crippen LogP contribution < -0.4 is 4.74 Å². The van der Waals surface area contributed by atoms with Crippen LogP contribution in [0.5, 0.6) is 5.75 Å². The Balaban J connectivity index is 2.27. The van der Waals surface area contributed by atoms with Crippen LogP contribution in [-0.4, -0.2) is 11.2 Å². The summed E-state index contributed by atoms with van der Waals surface area (Å²) in [7, 11) is 0. The molecule has 0 amide bonds. The fourth-order valence-corrected chi connectivity index (χ4v) is 2.25. The zero-order valence-electron chi connectivity index (χ0n) is 9.16. The Morgan fingerprint density at radius 3 is 3.00 bits per heavy atom. The number of hydrogen-bond donors (Lipinski definition) is 0. The van der Waals surface area contributed by atoms with Crippen LogP contribution in [-0.2, 0) is 6.54 Å². The molecule has 2 nitrogen and oxygen atoms in total. The fraction of sp³-hybridized carbons (Fsp3) is 0.385. The summed E-state index contributed by atoms with van der Waals surface area (Å²) in [5.41, 5.74) is 1.44. The van der Waals surface area contributed by atoms with Crippen molar-refractivity contribution in [2.24, 2.45) is 5.41 Å². The maximum Gasteiger partial charge on any atom is 0.143 e. The van der Waals surface area contributed by atoms with Gasteiger partial charge in [-0.05, 0) is 12.1 Å². The molecule has 1 aromatic heterocycles. The lowest BCUT2D eigenvalue weighted by Gasteiger charge is -2.22. The van der Waals surface area contributed by atoms with Gasteiger partial charge in [-0.3, -0.25) is 0 Å². The van der Waals surface area contributed by atoms with E-state index in [4.69, 9.17) is 4.74 Å². The summed E-state index contributed by atoms with van der Waals surface area (Å²) in [6, 6.07) is 8.40. The molecule has 1 aliphatic heterocycles. The molecule has 0 fully saturated rings. The SMILES string of the molecule is CC1(C)COc2cccc3ccn(c23)C1. The lowest BCUT2D eigenvalue weighted by atomic mass is 9.95. The van der Waals surface area contributed by atoms with Crippen LogP contribution >= 0.6 is 0 Å². The van der Waals surface area contributed by atoms with Gasteiger partial charge in [0.15, 0.2) is 0 Å². The van der Waals surface area contributed by atoms with Crippen molar-refractivity contribution in [3.8, 4) is 5.75 Å². The molecule has 1 aromatic carbocycles. The molecule has 0 radical (unpaired) electrons. The highest BCUT2D eigenvalue weighted by Gasteiger charge is 2.24. The Morgan fingerprint density at radius 2 is 2.13 bits per heavy atom. The summed E-state index contributed by atoms with van der Waals surface area (Å²) in [6.07, 6.45) is 2.16. The lowest BCUT2D eigenvalue weighted by Crippen LogP contribution is -2.24. The molecule has 2 aromatic rings. The predicted octanol–water partition coefficient (Wildman–Crippen LogP) is 3.06. The van der Waals surface area contributed by atoms with E-state index in [0.29, 0.717) is 0 Å². The first-order valence-electron chi connectivity index (χ1n) is 5.36. The topological polar surface area (TPSA) is 14.2 Å². The summed E-state index contributed by atoms with van der Waals surface area (Å²) < 4.78 is 8.18. The van der Waals surface area contributed by atoms with Gasteiger partial charge >= 0.3 is 0 Å². The third-order valence-corrected chi connectivity index (χ3v) is 2.97. The van der Waals surface area contributed by atoms with Crippen molar-refractivity contribution in [2.75, 3.05) is 6.61 Å². The second-order valence-corrected chi connectivity index (χ2v) is 5.09. The minimum atomic E-state index is 0.199. The van der Waals surface area contributed by atoms with Crippen LogP contribution in [0.25, 0.3) is 10.9 Å². The van der Waals surface area contributed by atoms with E-state index in [1.54, 1.807) is 0 Å². The van der Waals surface area contributed by atoms with Gasteiger partial charge in [0.25, 0.3) is 0 Å². The smallest absolute Gasteiger partial charge is 0.143 e. The number of nitrogens with zero attached hydrogens (tertiary/aromatic N) is 1. The number of para-hydroxylation sites is 1. The summed E-state index contributed by atoms with van der Waals surface area (Å²) in [4.78, 5) is 0. The summed E-state index contributed by atoms with van der Waals surface area (Å²) >= 11 is 0. The van der Waals surface area contributed by atoms with Gasteiger partial charge in [-0.25, -0.2) is 0 Å². The molecule has 0 N–H and O–H groups in total. The van der Waals surface area contributed by atoms with Crippen molar-refractivity contribution in [1.82, 2.24) is 4.57 Å². The van der Waals surface area contributed by atoms with E-state index in [9.17, 15) is 0 Å². The lowest BCUT2D eigenvalue weighted by molar-refractivity contribution is 0.172. The first kappa shape index (κ1) is 8.84. The van der Waals surface area contributed by atoms with Crippen LogP contribution in [0.1, 0.15) is 13.8 Å². The first-order valence-corrected chi connectivity index (χ1v) is 5.36. The van der Waals surface area contributed by atoms with Crippen molar-refractivity contribution >= 4 is 10.9 Å². The summed E-state index contributed by atoms with van der Waals surface area (Å²) in [5, 5.41) is 1.27. The van der Waals surface area contributed by atoms with Crippen molar-refractivity contribution < 1.29 is 4.74 Å². The van der Waals surface area contributed by atoms with E-state index in [0.717, 1.165) is 18.9 Å². The second-order valence-electron chi connectivity index (χ2n) is 5.09. The van der Waals surface area contributed by atoms with Gasteiger partial charge in [-0.1, -0.05) is 26.0 Å². The van der Waals surface area contributed by atoms with Crippen LogP contribution in [0.3, 0.4) is 0 Å². The first-order chi connectivity index (χ1) is 7.16. The fourth-order valence-electron chi connectivity index (χ4n) is 2.25. The molecule has 0 spiro atoms. The van der Waals surface area contributed by atoms with E-state index in [2.05, 4.69) is 48.9 Å². The zero-order chi connectivity index (χ0) is 10.5. The Labute approximate surface area is 89.5 Å². The van der Waals surface area contributed by atoms with Gasteiger partial charge in [0.2, 0.25) is 0 Å². The molecule has 2 heterocycles. The number of hydrogen-bond acceptors (Lipinski definition) is 1. The van der Waals surface area contributed by atoms with E-state index in [1.165, 1.54) is 10.9 Å². The molecule has 15 heavy (non-hydrogen) atoms. The van der Waals surface area contributed by atoms with E-state index in [1.807, 2.05) is 0 Å². The standard InChI is InChI=1S/C13H15NO/c1-13(2)8-14-7-6-10-4-3-5-11(12(10)14)15-9-13/h3-7H,8-9H2,1-2H3. The van der Waals surface area contributed by atoms with E-state index < -0.39 is 0 Å². The third kappa shape index (κ3) is 1.32. The van der Waals surface area contributed by atoms with Gasteiger partial charge in [-0.15, -0.1) is 0 Å². The average Bonchev–Trinajstić information content (AvgIpc) is 2.52. The Kier molecular flexibility index (Phi) is 1.64. The number of benzene rings is 1. The van der Waals surface area contributed by atoms with Crippen LogP contribution in [0.4, 0.5) is 0 Å². The van der Waals surface area contributed by atoms with Crippen molar-refractivity contribution in [3.05, 3.63) is 30.5 Å². The van der Waals surface area contributed by atoms with Gasteiger partial charge in [0.1, 0.15) is 5.75 Å². The molecule has 0 atom stereocenters. The number of ether oxygens (including phenoxy) is 1. The van der Waals surface area contributed by atoms with Gasteiger partial charge in [0.05, 0.1) is 12.1 Å². The van der Waals surface area contributed by atoms with E-state index >= 15 is 0 Å². The van der Waals surface area contributed by atoms with Crippen LogP contribution in [0.2, 0.25) is 0 Å². The monoisotopic (exact) mass is 201 g/mol. The maximum atomic E-state index is 5.87. The molecule has 0 unspecified atom stereocenters. The van der Waals surface area contributed by atoms with Crippen molar-refractivity contribution in [1.29, 1.82) is 0 Å². The van der Waals surface area contributed by atoms with Crippen molar-refractivity contribution in [2.45, 2.75) is 20.4 Å². The van der Waals surface area contributed by atoms with E-state index in [-0.39, 0.29) is 5.41 Å². The molecule has 0 aliphatic carbocycles. The quantitative estimate of drug-likeness (QED) is 0.639. The molecular weight excluding hydrogens is 186 g/mol. The van der Waals surface area contributed by atoms with Crippen LogP contribution in [0.15, 0.2) is 30.5 Å². The molecule has 0 saturated carbocycles. The summed E-state index contributed by atoms with van der Waals surface area (Å²) in [5.74, 6) is 1.02. The molecule has 0 bridgehead atoms. The largest absolute Gasteiger partial charge is 0.491 e. The van der Waals surface area contributed by atoms with Crippen LogP contribution in [0, 0.1) is 5.41 Å². The minimum Gasteiger partial charge on any atom is -0.491 e. The Morgan fingerprint density at radius 1 is 1.27 bits per heavy atom. The normalized spacial score (nSPS) is 18.5. The van der Waals surface area contributed by atoms with Gasteiger partial charge < -0.3 is 9.30 Å². The highest BCUT2D eigenvalue weighted by atomic mass is 16.5.